The number of nitrogens with one attached hydrogen (secondary N) is 1. The molecule has 0 saturated heterocycles. The summed E-state index contributed by atoms with van der Waals surface area (Å²) in [5.74, 6) is 0.379. The highest BCUT2D eigenvalue weighted by atomic mass is 16.5. The van der Waals surface area contributed by atoms with Crippen LogP contribution >= 0.6 is 0 Å². The topological polar surface area (TPSA) is 64.3 Å². The van der Waals surface area contributed by atoms with Crippen LogP contribution in [0.3, 0.4) is 0 Å². The molecule has 4 nitrogen and oxygen atoms in total. The standard InChI is InChI=1S/C13H18N2O2/c1-3-17-13(16)9-4-5-11(10(14)7-9)15-12-6-8(12)2/h4-5,7-8,12,15H,3,6,14H2,1-2H3. The molecule has 0 bridgehead atoms. The fourth-order valence-electron chi connectivity index (χ4n) is 1.76. The fourth-order valence-corrected chi connectivity index (χ4v) is 1.76. The van der Waals surface area contributed by atoms with Crippen LogP contribution < -0.4 is 11.1 Å². The summed E-state index contributed by atoms with van der Waals surface area (Å²) >= 11 is 0. The largest absolute Gasteiger partial charge is 0.462 e. The molecule has 1 fully saturated rings. The van der Waals surface area contributed by atoms with Crippen molar-refractivity contribution in [1.82, 2.24) is 0 Å². The third-order valence-corrected chi connectivity index (χ3v) is 3.01. The maximum Gasteiger partial charge on any atom is 0.338 e. The van der Waals surface area contributed by atoms with Crippen LogP contribution in [-0.4, -0.2) is 18.6 Å². The molecular formula is C13H18N2O2. The van der Waals surface area contributed by atoms with E-state index in [0.717, 1.165) is 5.69 Å². The van der Waals surface area contributed by atoms with Gasteiger partial charge in [0, 0.05) is 6.04 Å². The van der Waals surface area contributed by atoms with Gasteiger partial charge in [-0.05, 0) is 37.5 Å². The molecule has 1 aromatic rings. The molecule has 2 unspecified atom stereocenters. The maximum absolute atomic E-state index is 11.5. The number of benzene rings is 1. The van der Waals surface area contributed by atoms with Gasteiger partial charge in [0.25, 0.3) is 0 Å². The normalized spacial score (nSPS) is 22.0. The van der Waals surface area contributed by atoms with E-state index < -0.39 is 0 Å². The van der Waals surface area contributed by atoms with E-state index >= 15 is 0 Å². The monoisotopic (exact) mass is 234 g/mol. The Hall–Kier alpha value is -1.71. The predicted octanol–water partition coefficient (Wildman–Crippen LogP) is 2.27. The first-order chi connectivity index (χ1) is 8.11. The van der Waals surface area contributed by atoms with Crippen molar-refractivity contribution in [2.75, 3.05) is 17.7 Å². The van der Waals surface area contributed by atoms with Crippen molar-refractivity contribution in [2.24, 2.45) is 5.92 Å². The molecule has 2 rings (SSSR count). The molecule has 3 N–H and O–H groups in total. The maximum atomic E-state index is 11.5. The van der Waals surface area contributed by atoms with Gasteiger partial charge in [-0.15, -0.1) is 0 Å². The van der Waals surface area contributed by atoms with Crippen molar-refractivity contribution in [1.29, 1.82) is 0 Å². The van der Waals surface area contributed by atoms with Crippen LogP contribution in [0.5, 0.6) is 0 Å². The number of hydrogen-bond acceptors (Lipinski definition) is 4. The van der Waals surface area contributed by atoms with Gasteiger partial charge in [-0.2, -0.15) is 0 Å². The van der Waals surface area contributed by atoms with Crippen LogP contribution in [0, 0.1) is 5.92 Å². The van der Waals surface area contributed by atoms with Gasteiger partial charge < -0.3 is 15.8 Å². The Balaban J connectivity index is 2.08. The number of carbonyl (C=O) groups is 1. The van der Waals surface area contributed by atoms with Crippen molar-refractivity contribution in [3.05, 3.63) is 23.8 Å². The Bertz CT molecular complexity index is 431. The third-order valence-electron chi connectivity index (χ3n) is 3.01. The number of rotatable bonds is 4. The summed E-state index contributed by atoms with van der Waals surface area (Å²) < 4.78 is 4.92. The first kappa shape index (κ1) is 11.8. The highest BCUT2D eigenvalue weighted by Gasteiger charge is 2.32. The SMILES string of the molecule is CCOC(=O)c1ccc(NC2CC2C)c(N)c1. The molecule has 0 aromatic heterocycles. The van der Waals surface area contributed by atoms with Crippen molar-refractivity contribution in [3.8, 4) is 0 Å². The van der Waals surface area contributed by atoms with E-state index in [1.165, 1.54) is 6.42 Å². The molecule has 4 heteroatoms. The summed E-state index contributed by atoms with van der Waals surface area (Å²) in [6, 6.07) is 5.76. The van der Waals surface area contributed by atoms with E-state index in [1.54, 1.807) is 19.1 Å². The van der Waals surface area contributed by atoms with Crippen LogP contribution in [0.4, 0.5) is 11.4 Å². The van der Waals surface area contributed by atoms with Crippen molar-refractivity contribution < 1.29 is 9.53 Å². The minimum atomic E-state index is -0.328. The van der Waals surface area contributed by atoms with E-state index in [9.17, 15) is 4.79 Å². The second kappa shape index (κ2) is 4.65. The van der Waals surface area contributed by atoms with Crippen LogP contribution in [0.2, 0.25) is 0 Å². The first-order valence-electron chi connectivity index (χ1n) is 5.95. The average Bonchev–Trinajstić information content (AvgIpc) is 2.97. The second-order valence-corrected chi connectivity index (χ2v) is 4.49. The Morgan fingerprint density at radius 3 is 2.82 bits per heavy atom. The number of nitrogens with two attached hydrogens (primary N) is 1. The Labute approximate surface area is 101 Å². The summed E-state index contributed by atoms with van der Waals surface area (Å²) in [6.45, 7) is 4.35. The highest BCUT2D eigenvalue weighted by Crippen LogP contribution is 2.34. The van der Waals surface area contributed by atoms with Crippen molar-refractivity contribution in [3.63, 3.8) is 0 Å². The fraction of sp³-hybridized carbons (Fsp3) is 0.462. The van der Waals surface area contributed by atoms with Crippen molar-refractivity contribution >= 4 is 17.3 Å². The molecule has 0 heterocycles. The second-order valence-electron chi connectivity index (χ2n) is 4.49. The molecule has 17 heavy (non-hydrogen) atoms. The summed E-state index contributed by atoms with van der Waals surface area (Å²) in [6.07, 6.45) is 1.18. The summed E-state index contributed by atoms with van der Waals surface area (Å²) in [5, 5.41) is 3.35. The van der Waals surface area contributed by atoms with Crippen LogP contribution in [0.15, 0.2) is 18.2 Å². The molecule has 0 radical (unpaired) electrons. The molecule has 1 aliphatic rings. The number of nitrogen functional groups attached to an aromatic ring is 1. The van der Waals surface area contributed by atoms with E-state index in [2.05, 4.69) is 12.2 Å². The number of anilines is 2. The van der Waals surface area contributed by atoms with E-state index in [1.807, 2.05) is 6.07 Å². The molecule has 1 aliphatic carbocycles. The Morgan fingerprint density at radius 2 is 2.29 bits per heavy atom. The lowest BCUT2D eigenvalue weighted by Crippen LogP contribution is -2.09. The molecule has 1 aromatic carbocycles. The van der Waals surface area contributed by atoms with Gasteiger partial charge >= 0.3 is 5.97 Å². The van der Waals surface area contributed by atoms with E-state index in [-0.39, 0.29) is 5.97 Å². The molecule has 1 saturated carbocycles. The Kier molecular flexibility index (Phi) is 3.22. The van der Waals surface area contributed by atoms with Gasteiger partial charge in [0.15, 0.2) is 0 Å². The number of esters is 1. The summed E-state index contributed by atoms with van der Waals surface area (Å²) in [4.78, 5) is 11.5. The quantitative estimate of drug-likeness (QED) is 0.619. The predicted molar refractivity (Wildman–Crippen MR) is 68.0 cm³/mol. The summed E-state index contributed by atoms with van der Waals surface area (Å²) in [5.41, 5.74) is 7.89. The van der Waals surface area contributed by atoms with Crippen LogP contribution in [-0.2, 0) is 4.74 Å². The van der Waals surface area contributed by atoms with E-state index in [4.69, 9.17) is 10.5 Å². The number of hydrogen-bond donors (Lipinski definition) is 2. The molecule has 0 amide bonds. The van der Waals surface area contributed by atoms with Gasteiger partial charge in [0.05, 0.1) is 23.5 Å². The first-order valence-corrected chi connectivity index (χ1v) is 5.95. The zero-order chi connectivity index (χ0) is 12.4. The van der Waals surface area contributed by atoms with Gasteiger partial charge in [-0.1, -0.05) is 6.92 Å². The van der Waals surface area contributed by atoms with Crippen LogP contribution in [0.25, 0.3) is 0 Å². The molecule has 0 aliphatic heterocycles. The third kappa shape index (κ3) is 2.70. The summed E-state index contributed by atoms with van der Waals surface area (Å²) in [7, 11) is 0. The molecule has 92 valence electrons. The smallest absolute Gasteiger partial charge is 0.338 e. The average molecular weight is 234 g/mol. The lowest BCUT2D eigenvalue weighted by Gasteiger charge is -2.10. The van der Waals surface area contributed by atoms with Gasteiger partial charge in [0.2, 0.25) is 0 Å². The van der Waals surface area contributed by atoms with Gasteiger partial charge in [-0.3, -0.25) is 0 Å². The van der Waals surface area contributed by atoms with E-state index in [0.29, 0.717) is 29.8 Å². The zero-order valence-corrected chi connectivity index (χ0v) is 10.2. The minimum absolute atomic E-state index is 0.328. The molecular weight excluding hydrogens is 216 g/mol. The lowest BCUT2D eigenvalue weighted by atomic mass is 10.1. The lowest BCUT2D eigenvalue weighted by molar-refractivity contribution is 0.0526. The molecule has 0 spiro atoms. The van der Waals surface area contributed by atoms with Gasteiger partial charge in [-0.25, -0.2) is 4.79 Å². The number of ether oxygens (including phenoxy) is 1. The van der Waals surface area contributed by atoms with Gasteiger partial charge in [0.1, 0.15) is 0 Å². The highest BCUT2D eigenvalue weighted by molar-refractivity contribution is 5.92. The van der Waals surface area contributed by atoms with Crippen LogP contribution in [0.1, 0.15) is 30.6 Å². The zero-order valence-electron chi connectivity index (χ0n) is 10.2. The number of carbonyl (C=O) groups excluding carboxylic acids is 1. The molecule has 2 atom stereocenters. The minimum Gasteiger partial charge on any atom is -0.462 e. The van der Waals surface area contributed by atoms with Crippen molar-refractivity contribution in [2.45, 2.75) is 26.3 Å². The Morgan fingerprint density at radius 1 is 1.59 bits per heavy atom.